The quantitative estimate of drug-likeness (QED) is 0.0199. The highest BCUT2D eigenvalue weighted by atomic mass is 16.8. The van der Waals surface area contributed by atoms with E-state index in [4.69, 9.17) is 28.4 Å². The smallest absolute Gasteiger partial charge is 0.220 e. The lowest BCUT2D eigenvalue weighted by Crippen LogP contribution is -2.66. The van der Waals surface area contributed by atoms with E-state index in [2.05, 4.69) is 153 Å². The molecule has 19 heteroatoms. The normalized spacial score (nSPS) is 26.4. The fourth-order valence-electron chi connectivity index (χ4n) is 12.8. The molecular formula is C87H145NO18. The Labute approximate surface area is 638 Å². The Kier molecular flexibility index (Phi) is 59.1. The first-order valence-electron chi connectivity index (χ1n) is 41.1. The molecule has 606 valence electrons. The van der Waals surface area contributed by atoms with Gasteiger partial charge in [-0.2, -0.15) is 0 Å². The third-order valence-electron chi connectivity index (χ3n) is 19.4. The molecule has 106 heavy (non-hydrogen) atoms. The highest BCUT2D eigenvalue weighted by Crippen LogP contribution is 2.33. The van der Waals surface area contributed by atoms with Crippen molar-refractivity contribution in [3.8, 4) is 0 Å². The number of aliphatic hydroxyl groups excluding tert-OH is 11. The highest BCUT2D eigenvalue weighted by molar-refractivity contribution is 5.76. The summed E-state index contributed by atoms with van der Waals surface area (Å²) >= 11 is 0. The van der Waals surface area contributed by atoms with Crippen LogP contribution >= 0.6 is 0 Å². The largest absolute Gasteiger partial charge is 0.394 e. The molecule has 0 aliphatic carbocycles. The standard InChI is InChI=1S/C87H145NO18/c1-3-5-7-9-11-13-15-17-19-21-23-25-27-29-30-31-32-33-34-35-36-37-38-39-40-41-43-45-47-49-51-53-55-57-59-61-63-65-75(93)88-70(71(92)64-62-60-58-56-54-52-50-48-46-44-42-28-26-24-22-20-18-16-14-12-10-8-6-4-2)69-101-85-81(99)78(96)83(73(67-90)103-85)106-87-82(100)79(97)84(74(68-91)104-87)105-86-80(98)77(95)76(94)72(66-89)102-86/h5,7,11,13,17,19,23,25,29-30,32-33,35-36,38-39,41,43,47,49,54,56,62,64,70-74,76-87,89-92,94-100H,3-4,6,8-10,12,14-16,18,20-22,24,26-28,31,34,37,40,42,44-46,48,50-53,55,57-61,63,65-69H2,1-2H3,(H,88,93)/b7-5-,13-11-,19-17-,25-23-,30-29-,33-32-,36-35-,39-38-,43-41-,49-47-,56-54+,64-62+. The minimum atomic E-state index is -1.99. The van der Waals surface area contributed by atoms with Crippen molar-refractivity contribution in [1.29, 1.82) is 0 Å². The summed E-state index contributed by atoms with van der Waals surface area (Å²) in [6.07, 6.45) is 68.2. The highest BCUT2D eigenvalue weighted by Gasteiger charge is 2.54. The Morgan fingerprint density at radius 2 is 0.660 bits per heavy atom. The molecule has 17 unspecified atom stereocenters. The maximum absolute atomic E-state index is 13.5. The number of nitrogens with one attached hydrogen (secondary N) is 1. The second-order valence-electron chi connectivity index (χ2n) is 28.5. The lowest BCUT2D eigenvalue weighted by molar-refractivity contribution is -0.379. The molecule has 0 spiro atoms. The molecule has 3 fully saturated rings. The zero-order valence-electron chi connectivity index (χ0n) is 64.9. The summed E-state index contributed by atoms with van der Waals surface area (Å²) < 4.78 is 34.4. The Morgan fingerprint density at radius 1 is 0.349 bits per heavy atom. The number of allylic oxidation sites excluding steroid dienone is 23. The van der Waals surface area contributed by atoms with Crippen LogP contribution in [0.3, 0.4) is 0 Å². The molecule has 19 nitrogen and oxygen atoms in total. The van der Waals surface area contributed by atoms with Crippen molar-refractivity contribution in [2.24, 2.45) is 0 Å². The van der Waals surface area contributed by atoms with Crippen molar-refractivity contribution in [1.82, 2.24) is 5.32 Å². The van der Waals surface area contributed by atoms with Crippen molar-refractivity contribution < 1.29 is 89.4 Å². The average molecular weight is 1490 g/mol. The number of rotatable bonds is 63. The van der Waals surface area contributed by atoms with Crippen molar-refractivity contribution in [3.05, 3.63) is 146 Å². The predicted octanol–water partition coefficient (Wildman–Crippen LogP) is 14.2. The maximum Gasteiger partial charge on any atom is 0.220 e. The summed E-state index contributed by atoms with van der Waals surface area (Å²) in [5.41, 5.74) is 0. The van der Waals surface area contributed by atoms with Crippen molar-refractivity contribution in [2.75, 3.05) is 26.4 Å². The van der Waals surface area contributed by atoms with Gasteiger partial charge in [-0.1, -0.05) is 295 Å². The van der Waals surface area contributed by atoms with Gasteiger partial charge in [0.2, 0.25) is 5.91 Å². The zero-order chi connectivity index (χ0) is 76.7. The van der Waals surface area contributed by atoms with Gasteiger partial charge in [0.1, 0.15) is 73.2 Å². The second-order valence-corrected chi connectivity index (χ2v) is 28.5. The van der Waals surface area contributed by atoms with Crippen molar-refractivity contribution in [3.63, 3.8) is 0 Å². The van der Waals surface area contributed by atoms with Gasteiger partial charge in [-0.3, -0.25) is 4.79 Å². The van der Waals surface area contributed by atoms with Gasteiger partial charge in [-0.15, -0.1) is 0 Å². The van der Waals surface area contributed by atoms with E-state index >= 15 is 0 Å². The number of amides is 1. The molecule has 3 rings (SSSR count). The third kappa shape index (κ3) is 44.5. The average Bonchev–Trinajstić information content (AvgIpc) is 0.780. The molecule has 1 amide bonds. The van der Waals surface area contributed by atoms with Gasteiger partial charge in [0.25, 0.3) is 0 Å². The van der Waals surface area contributed by atoms with E-state index in [1.165, 1.54) is 109 Å². The number of unbranched alkanes of at least 4 members (excludes halogenated alkanes) is 25. The Hall–Kier alpha value is -4.33. The number of ether oxygens (including phenoxy) is 6. The summed E-state index contributed by atoms with van der Waals surface area (Å²) in [6.45, 7) is 1.60. The van der Waals surface area contributed by atoms with Gasteiger partial charge in [0.15, 0.2) is 18.9 Å². The molecule has 0 aromatic rings. The van der Waals surface area contributed by atoms with Crippen LogP contribution in [0.5, 0.6) is 0 Å². The van der Waals surface area contributed by atoms with Crippen LogP contribution in [0.4, 0.5) is 0 Å². The van der Waals surface area contributed by atoms with Crippen LogP contribution in [-0.2, 0) is 33.2 Å². The number of carbonyl (C=O) groups is 1. The number of hydrogen-bond acceptors (Lipinski definition) is 18. The van der Waals surface area contributed by atoms with Crippen LogP contribution in [0, 0.1) is 0 Å². The van der Waals surface area contributed by atoms with Crippen LogP contribution < -0.4 is 5.32 Å². The fraction of sp³-hybridized carbons (Fsp3) is 0.713. The maximum atomic E-state index is 13.5. The van der Waals surface area contributed by atoms with E-state index in [0.717, 1.165) is 122 Å². The van der Waals surface area contributed by atoms with E-state index in [1.807, 2.05) is 6.08 Å². The molecule has 0 radical (unpaired) electrons. The van der Waals surface area contributed by atoms with Crippen molar-refractivity contribution in [2.45, 2.75) is 369 Å². The summed E-state index contributed by atoms with van der Waals surface area (Å²) in [4.78, 5) is 13.5. The zero-order valence-corrected chi connectivity index (χ0v) is 64.9. The number of aliphatic hydroxyl groups is 11. The van der Waals surface area contributed by atoms with Gasteiger partial charge in [-0.25, -0.2) is 0 Å². The molecule has 3 heterocycles. The summed E-state index contributed by atoms with van der Waals surface area (Å²) in [7, 11) is 0. The lowest BCUT2D eigenvalue weighted by atomic mass is 9.96. The van der Waals surface area contributed by atoms with E-state index in [-0.39, 0.29) is 18.9 Å². The van der Waals surface area contributed by atoms with Gasteiger partial charge >= 0.3 is 0 Å². The molecule has 0 aromatic heterocycles. The fourth-order valence-corrected chi connectivity index (χ4v) is 12.8. The van der Waals surface area contributed by atoms with Crippen LogP contribution in [0.1, 0.15) is 264 Å². The van der Waals surface area contributed by atoms with Crippen LogP contribution in [0.25, 0.3) is 0 Å². The summed E-state index contributed by atoms with van der Waals surface area (Å²) in [5.74, 6) is -0.304. The Bertz CT molecular complexity index is 2490. The van der Waals surface area contributed by atoms with Crippen LogP contribution in [0.15, 0.2) is 146 Å². The molecule has 0 saturated carbocycles. The first-order valence-corrected chi connectivity index (χ1v) is 41.1. The van der Waals surface area contributed by atoms with Gasteiger partial charge < -0.3 is 89.9 Å². The van der Waals surface area contributed by atoms with Gasteiger partial charge in [0.05, 0.1) is 38.6 Å². The summed E-state index contributed by atoms with van der Waals surface area (Å²) in [5, 5.41) is 121. The minimum Gasteiger partial charge on any atom is -0.394 e. The van der Waals surface area contributed by atoms with Crippen molar-refractivity contribution >= 4 is 5.91 Å². The molecule has 0 aromatic carbocycles. The SMILES string of the molecule is CC/C=C\C/C=C\C/C=C\C/C=C\C/C=C\C/C=C\C/C=C\C/C=C\C/C=C\C/C=C\CCCCCCCCC(=O)NC(COC1OC(CO)C(OC2OC(CO)C(OC3OC(CO)C(O)C(O)C3O)C(O)C2O)C(O)C1O)C(O)/C=C/CC/C=C/CCCCCCCCCCCCCCCCCCCC. The third-order valence-corrected chi connectivity index (χ3v) is 19.4. The van der Waals surface area contributed by atoms with Crippen LogP contribution in [-0.4, -0.2) is 193 Å². The molecule has 17 atom stereocenters. The number of carbonyl (C=O) groups excluding carboxylic acids is 1. The first kappa shape index (κ1) is 95.9. The van der Waals surface area contributed by atoms with E-state index in [9.17, 15) is 61.0 Å². The van der Waals surface area contributed by atoms with E-state index in [0.29, 0.717) is 12.8 Å². The first-order chi connectivity index (χ1) is 51.8. The Morgan fingerprint density at radius 3 is 1.06 bits per heavy atom. The number of hydrogen-bond donors (Lipinski definition) is 12. The van der Waals surface area contributed by atoms with E-state index < -0.39 is 124 Å². The van der Waals surface area contributed by atoms with Crippen LogP contribution in [0.2, 0.25) is 0 Å². The molecule has 3 saturated heterocycles. The molecule has 3 aliphatic rings. The van der Waals surface area contributed by atoms with E-state index in [1.54, 1.807) is 6.08 Å². The minimum absolute atomic E-state index is 0.209. The summed E-state index contributed by atoms with van der Waals surface area (Å²) in [6, 6.07) is -1.01. The molecule has 12 N–H and O–H groups in total. The van der Waals surface area contributed by atoms with Gasteiger partial charge in [-0.05, 0) is 109 Å². The Balaban J connectivity index is 1.39. The lowest BCUT2D eigenvalue weighted by Gasteiger charge is -2.48. The van der Waals surface area contributed by atoms with Gasteiger partial charge in [0, 0.05) is 6.42 Å². The molecule has 3 aliphatic heterocycles. The topological polar surface area (TPSA) is 307 Å². The molecule has 0 bridgehead atoms. The molecular weight excluding hydrogens is 1350 g/mol. The second kappa shape index (κ2) is 65.4. The predicted molar refractivity (Wildman–Crippen MR) is 424 cm³/mol. The monoisotopic (exact) mass is 1490 g/mol.